The van der Waals surface area contributed by atoms with Crippen molar-refractivity contribution in [2.24, 2.45) is 10.9 Å². The Kier molecular flexibility index (Phi) is 10.5. The molecule has 29 heavy (non-hydrogen) atoms. The molecule has 0 spiro atoms. The molecule has 164 valence electrons. The number of hydrogen-bond acceptors (Lipinski definition) is 4. The molecule has 0 amide bonds. The number of nitrogens with zero attached hydrogens (tertiary/aromatic N) is 2. The SMILES string of the molecule is CCNC(=NCc1ccc(C)cc1OCC1CC1)NCC(C)N1CCOCC1.I. The van der Waals surface area contributed by atoms with E-state index in [0.717, 1.165) is 69.2 Å². The van der Waals surface area contributed by atoms with Crippen molar-refractivity contribution in [3.05, 3.63) is 29.3 Å². The molecule has 1 aromatic carbocycles. The smallest absolute Gasteiger partial charge is 0.191 e. The van der Waals surface area contributed by atoms with Crippen LogP contribution in [-0.4, -0.2) is 62.9 Å². The number of rotatable bonds is 9. The number of halogens is 1. The number of guanidine groups is 1. The fraction of sp³-hybridized carbons (Fsp3) is 0.682. The summed E-state index contributed by atoms with van der Waals surface area (Å²) in [7, 11) is 0. The van der Waals surface area contributed by atoms with Gasteiger partial charge < -0.3 is 20.1 Å². The Bertz CT molecular complexity index is 646. The van der Waals surface area contributed by atoms with E-state index in [0.29, 0.717) is 12.6 Å². The van der Waals surface area contributed by atoms with Gasteiger partial charge >= 0.3 is 0 Å². The summed E-state index contributed by atoms with van der Waals surface area (Å²) in [6.45, 7) is 13.3. The van der Waals surface area contributed by atoms with Gasteiger partial charge in [-0.1, -0.05) is 12.1 Å². The van der Waals surface area contributed by atoms with Crippen LogP contribution in [0.15, 0.2) is 23.2 Å². The minimum absolute atomic E-state index is 0. The van der Waals surface area contributed by atoms with E-state index in [4.69, 9.17) is 14.5 Å². The Morgan fingerprint density at radius 3 is 2.72 bits per heavy atom. The number of aliphatic imine (C=N–C) groups is 1. The summed E-state index contributed by atoms with van der Waals surface area (Å²) in [5, 5.41) is 6.85. The molecule has 1 atom stereocenters. The zero-order valence-corrected chi connectivity index (χ0v) is 20.4. The lowest BCUT2D eigenvalue weighted by atomic mass is 10.1. The molecule has 6 nitrogen and oxygen atoms in total. The van der Waals surface area contributed by atoms with Crippen molar-refractivity contribution in [3.8, 4) is 5.75 Å². The lowest BCUT2D eigenvalue weighted by Crippen LogP contribution is -2.49. The highest BCUT2D eigenvalue weighted by molar-refractivity contribution is 14.0. The zero-order chi connectivity index (χ0) is 19.8. The number of nitrogens with one attached hydrogen (secondary N) is 2. The average Bonchev–Trinajstić information content (AvgIpc) is 3.54. The molecule has 3 rings (SSSR count). The summed E-state index contributed by atoms with van der Waals surface area (Å²) in [4.78, 5) is 7.27. The fourth-order valence-electron chi connectivity index (χ4n) is 3.32. The molecule has 1 heterocycles. The highest BCUT2D eigenvalue weighted by Gasteiger charge is 2.22. The average molecular weight is 516 g/mol. The number of morpholine rings is 1. The van der Waals surface area contributed by atoms with Crippen molar-refractivity contribution in [2.45, 2.75) is 46.2 Å². The van der Waals surface area contributed by atoms with Gasteiger partial charge in [-0.2, -0.15) is 0 Å². The Labute approximate surface area is 192 Å². The lowest BCUT2D eigenvalue weighted by Gasteiger charge is -2.32. The number of hydrogen-bond donors (Lipinski definition) is 2. The van der Waals surface area contributed by atoms with Gasteiger partial charge in [0.1, 0.15) is 5.75 Å². The first-order valence-corrected chi connectivity index (χ1v) is 10.7. The minimum atomic E-state index is 0. The molecular weight excluding hydrogens is 479 g/mol. The molecule has 0 bridgehead atoms. The van der Waals surface area contributed by atoms with Crippen LogP contribution >= 0.6 is 24.0 Å². The van der Waals surface area contributed by atoms with E-state index >= 15 is 0 Å². The summed E-state index contributed by atoms with van der Waals surface area (Å²) in [5.74, 6) is 2.59. The second-order valence-electron chi connectivity index (χ2n) is 7.94. The van der Waals surface area contributed by atoms with Crippen LogP contribution in [0.1, 0.15) is 37.8 Å². The second-order valence-corrected chi connectivity index (χ2v) is 7.94. The van der Waals surface area contributed by atoms with Crippen molar-refractivity contribution in [1.82, 2.24) is 15.5 Å². The largest absolute Gasteiger partial charge is 0.493 e. The van der Waals surface area contributed by atoms with Crippen LogP contribution in [0.5, 0.6) is 5.75 Å². The maximum Gasteiger partial charge on any atom is 0.191 e. The topological polar surface area (TPSA) is 58.1 Å². The van der Waals surface area contributed by atoms with Gasteiger partial charge in [0.2, 0.25) is 0 Å². The normalized spacial score (nSPS) is 18.7. The summed E-state index contributed by atoms with van der Waals surface area (Å²) >= 11 is 0. The van der Waals surface area contributed by atoms with Gasteiger partial charge in [-0.3, -0.25) is 4.90 Å². The third-order valence-electron chi connectivity index (χ3n) is 5.38. The lowest BCUT2D eigenvalue weighted by molar-refractivity contribution is 0.0211. The predicted molar refractivity (Wildman–Crippen MR) is 129 cm³/mol. The summed E-state index contributed by atoms with van der Waals surface area (Å²) < 4.78 is 11.5. The molecule has 2 N–H and O–H groups in total. The molecule has 2 fully saturated rings. The van der Waals surface area contributed by atoms with Crippen LogP contribution in [0.3, 0.4) is 0 Å². The van der Waals surface area contributed by atoms with Gasteiger partial charge in [-0.25, -0.2) is 4.99 Å². The number of ether oxygens (including phenoxy) is 2. The number of benzene rings is 1. The first-order chi connectivity index (χ1) is 13.7. The maximum atomic E-state index is 6.08. The van der Waals surface area contributed by atoms with Crippen LogP contribution in [0.4, 0.5) is 0 Å². The predicted octanol–water partition coefficient (Wildman–Crippen LogP) is 3.18. The van der Waals surface area contributed by atoms with Crippen LogP contribution in [0, 0.1) is 12.8 Å². The summed E-state index contributed by atoms with van der Waals surface area (Å²) in [6, 6.07) is 6.86. The van der Waals surface area contributed by atoms with E-state index in [9.17, 15) is 0 Å². The van der Waals surface area contributed by atoms with E-state index in [-0.39, 0.29) is 24.0 Å². The zero-order valence-electron chi connectivity index (χ0n) is 18.1. The highest BCUT2D eigenvalue weighted by Crippen LogP contribution is 2.30. The Balaban J connectivity index is 0.00000300. The van der Waals surface area contributed by atoms with Crippen LogP contribution in [0.25, 0.3) is 0 Å². The van der Waals surface area contributed by atoms with Gasteiger partial charge in [-0.05, 0) is 51.2 Å². The van der Waals surface area contributed by atoms with E-state index in [1.165, 1.54) is 18.4 Å². The van der Waals surface area contributed by atoms with Gasteiger partial charge in [0.05, 0.1) is 26.4 Å². The van der Waals surface area contributed by atoms with Gasteiger partial charge in [0.25, 0.3) is 0 Å². The van der Waals surface area contributed by atoms with Crippen LogP contribution in [0.2, 0.25) is 0 Å². The molecule has 1 aliphatic carbocycles. The third-order valence-corrected chi connectivity index (χ3v) is 5.38. The molecule has 7 heteroatoms. The van der Waals surface area contributed by atoms with Crippen molar-refractivity contribution in [1.29, 1.82) is 0 Å². The summed E-state index contributed by atoms with van der Waals surface area (Å²) in [6.07, 6.45) is 2.60. The molecule has 1 aromatic rings. The maximum absolute atomic E-state index is 6.08. The Morgan fingerprint density at radius 1 is 1.28 bits per heavy atom. The molecule has 0 aromatic heterocycles. The second kappa shape index (κ2) is 12.6. The van der Waals surface area contributed by atoms with Crippen LogP contribution in [-0.2, 0) is 11.3 Å². The highest BCUT2D eigenvalue weighted by atomic mass is 127. The third kappa shape index (κ3) is 8.30. The van der Waals surface area contributed by atoms with E-state index < -0.39 is 0 Å². The van der Waals surface area contributed by atoms with Crippen molar-refractivity contribution >= 4 is 29.9 Å². The Hall–Kier alpha value is -1.06. The molecule has 1 saturated heterocycles. The standard InChI is InChI=1S/C22H36N4O2.HI/c1-4-23-22(24-14-18(3)26-9-11-27-12-10-26)25-15-20-8-5-17(2)13-21(20)28-16-19-6-7-19;/h5,8,13,18-19H,4,6-7,9-12,14-16H2,1-3H3,(H2,23,24,25);1H. The molecule has 2 aliphatic rings. The monoisotopic (exact) mass is 516 g/mol. The van der Waals surface area contributed by atoms with Gasteiger partial charge in [0.15, 0.2) is 5.96 Å². The van der Waals surface area contributed by atoms with Crippen molar-refractivity contribution < 1.29 is 9.47 Å². The van der Waals surface area contributed by atoms with Crippen molar-refractivity contribution in [2.75, 3.05) is 46.0 Å². The van der Waals surface area contributed by atoms with E-state index in [2.05, 4.69) is 54.5 Å². The van der Waals surface area contributed by atoms with Gasteiger partial charge in [-0.15, -0.1) is 24.0 Å². The van der Waals surface area contributed by atoms with E-state index in [1.807, 2.05) is 0 Å². The molecule has 1 saturated carbocycles. The first-order valence-electron chi connectivity index (χ1n) is 10.7. The molecular formula is C22H37IN4O2. The molecule has 1 aliphatic heterocycles. The van der Waals surface area contributed by atoms with Crippen LogP contribution < -0.4 is 15.4 Å². The molecule has 1 unspecified atom stereocenters. The van der Waals surface area contributed by atoms with Crippen molar-refractivity contribution in [3.63, 3.8) is 0 Å². The van der Waals surface area contributed by atoms with Gasteiger partial charge in [0, 0.05) is 37.8 Å². The van der Waals surface area contributed by atoms with E-state index in [1.54, 1.807) is 0 Å². The molecule has 0 radical (unpaired) electrons. The summed E-state index contributed by atoms with van der Waals surface area (Å²) in [5.41, 5.74) is 2.37. The first kappa shape index (κ1) is 24.2. The Morgan fingerprint density at radius 2 is 2.03 bits per heavy atom. The number of aryl methyl sites for hydroxylation is 1. The quantitative estimate of drug-likeness (QED) is 0.300. The minimum Gasteiger partial charge on any atom is -0.493 e. The fourth-order valence-corrected chi connectivity index (χ4v) is 3.32.